The van der Waals surface area contributed by atoms with Gasteiger partial charge in [-0.1, -0.05) is 24.0 Å². The molecular weight excluding hydrogens is 218 g/mol. The van der Waals surface area contributed by atoms with E-state index in [4.69, 9.17) is 12.2 Å². The molecule has 1 saturated heterocycles. The molecule has 0 radical (unpaired) electrons. The van der Waals surface area contributed by atoms with E-state index in [-0.39, 0.29) is 5.91 Å². The van der Waals surface area contributed by atoms with Crippen molar-refractivity contribution in [2.45, 2.75) is 0 Å². The lowest BCUT2D eigenvalue weighted by Crippen LogP contribution is -2.17. The van der Waals surface area contributed by atoms with Gasteiger partial charge in [-0.3, -0.25) is 4.79 Å². The summed E-state index contributed by atoms with van der Waals surface area (Å²) in [6.07, 6.45) is 5.23. The van der Waals surface area contributed by atoms with Crippen LogP contribution >= 0.6 is 24.0 Å². The second-order valence-electron chi connectivity index (χ2n) is 2.75. The van der Waals surface area contributed by atoms with Crippen LogP contribution in [0.1, 0.15) is 5.82 Å². The molecule has 1 amide bonds. The van der Waals surface area contributed by atoms with Crippen molar-refractivity contribution in [2.75, 3.05) is 0 Å². The lowest BCUT2D eigenvalue weighted by molar-refractivity contribution is -0.115. The van der Waals surface area contributed by atoms with Crippen molar-refractivity contribution in [1.29, 1.82) is 0 Å². The van der Waals surface area contributed by atoms with Crippen LogP contribution < -0.4 is 5.32 Å². The van der Waals surface area contributed by atoms with Gasteiger partial charge in [0, 0.05) is 25.5 Å². The Kier molecular flexibility index (Phi) is 2.39. The number of nitrogens with one attached hydrogen (secondary N) is 1. The summed E-state index contributed by atoms with van der Waals surface area (Å²) in [7, 11) is 1.87. The summed E-state index contributed by atoms with van der Waals surface area (Å²) >= 11 is 6.12. The maximum absolute atomic E-state index is 11.3. The molecule has 1 aromatic heterocycles. The Hall–Kier alpha value is -1.14. The highest BCUT2D eigenvalue weighted by Gasteiger charge is 2.22. The van der Waals surface area contributed by atoms with Crippen molar-refractivity contribution in [3.05, 3.63) is 23.1 Å². The summed E-state index contributed by atoms with van der Waals surface area (Å²) in [6, 6.07) is 0. The molecule has 0 aliphatic carbocycles. The minimum atomic E-state index is -0.150. The van der Waals surface area contributed by atoms with Crippen molar-refractivity contribution in [3.8, 4) is 0 Å². The van der Waals surface area contributed by atoms with Crippen LogP contribution in [0, 0.1) is 0 Å². The molecule has 0 atom stereocenters. The fourth-order valence-electron chi connectivity index (χ4n) is 1.05. The van der Waals surface area contributed by atoms with Gasteiger partial charge < -0.3 is 9.88 Å². The lowest BCUT2D eigenvalue weighted by Gasteiger charge is -1.94. The number of rotatable bonds is 1. The molecular formula is C8H7N3OS2. The Morgan fingerprint density at radius 2 is 2.50 bits per heavy atom. The highest BCUT2D eigenvalue weighted by molar-refractivity contribution is 8.26. The van der Waals surface area contributed by atoms with Crippen molar-refractivity contribution in [3.63, 3.8) is 0 Å². The number of thioether (sulfide) groups is 1. The molecule has 2 heterocycles. The molecule has 0 spiro atoms. The largest absolute Gasteiger partial charge is 0.335 e. The Labute approximate surface area is 90.4 Å². The van der Waals surface area contributed by atoms with Crippen LogP contribution in [0.25, 0.3) is 6.08 Å². The van der Waals surface area contributed by atoms with Gasteiger partial charge in [0.05, 0.1) is 4.91 Å². The molecule has 2 rings (SSSR count). The SMILES string of the molecule is Cn1ccnc1/C=C1\SC(=S)NC1=O. The summed E-state index contributed by atoms with van der Waals surface area (Å²) in [4.78, 5) is 16.0. The van der Waals surface area contributed by atoms with E-state index in [1.165, 1.54) is 11.8 Å². The van der Waals surface area contributed by atoms with Crippen molar-refractivity contribution in [2.24, 2.45) is 7.05 Å². The van der Waals surface area contributed by atoms with E-state index in [1.807, 2.05) is 17.8 Å². The first-order valence-corrected chi connectivity index (χ1v) is 5.11. The third-order valence-corrected chi connectivity index (χ3v) is 2.92. The molecule has 1 aliphatic rings. The van der Waals surface area contributed by atoms with Crippen LogP contribution in [0.2, 0.25) is 0 Å². The second kappa shape index (κ2) is 3.55. The van der Waals surface area contributed by atoms with Gasteiger partial charge in [0.25, 0.3) is 5.91 Å². The van der Waals surface area contributed by atoms with Crippen LogP contribution in [0.15, 0.2) is 17.3 Å². The second-order valence-corrected chi connectivity index (χ2v) is 4.47. The molecule has 0 aromatic carbocycles. The first-order chi connectivity index (χ1) is 6.66. The average Bonchev–Trinajstić information content (AvgIpc) is 2.62. The van der Waals surface area contributed by atoms with E-state index >= 15 is 0 Å². The maximum atomic E-state index is 11.3. The fraction of sp³-hybridized carbons (Fsp3) is 0.125. The Bertz CT molecular complexity index is 436. The molecule has 4 nitrogen and oxygen atoms in total. The molecule has 14 heavy (non-hydrogen) atoms. The van der Waals surface area contributed by atoms with Crippen LogP contribution in [0.4, 0.5) is 0 Å². The summed E-state index contributed by atoms with van der Waals surface area (Å²) in [5, 5.41) is 2.55. The summed E-state index contributed by atoms with van der Waals surface area (Å²) in [6.45, 7) is 0. The standard InChI is InChI=1S/C8H7N3OS2/c1-11-3-2-9-6(11)4-5-7(12)10-8(13)14-5/h2-4H,1H3,(H,10,12,13)/b5-4-. The zero-order valence-electron chi connectivity index (χ0n) is 7.35. The van der Waals surface area contributed by atoms with E-state index in [0.717, 1.165) is 5.82 Å². The zero-order chi connectivity index (χ0) is 10.1. The Morgan fingerprint density at radius 3 is 3.00 bits per heavy atom. The van der Waals surface area contributed by atoms with Gasteiger partial charge in [0.15, 0.2) is 0 Å². The third-order valence-electron chi connectivity index (χ3n) is 1.76. The molecule has 72 valence electrons. The quantitative estimate of drug-likeness (QED) is 0.570. The van der Waals surface area contributed by atoms with Crippen molar-refractivity contribution in [1.82, 2.24) is 14.9 Å². The number of aromatic nitrogens is 2. The molecule has 1 N–H and O–H groups in total. The first kappa shape index (κ1) is 9.42. The number of amides is 1. The molecule has 0 bridgehead atoms. The zero-order valence-corrected chi connectivity index (χ0v) is 8.98. The Balaban J connectivity index is 2.32. The van der Waals surface area contributed by atoms with Crippen molar-refractivity contribution >= 4 is 40.3 Å². The molecule has 6 heteroatoms. The predicted octanol–water partition coefficient (Wildman–Crippen LogP) is 0.909. The summed E-state index contributed by atoms with van der Waals surface area (Å²) in [5.74, 6) is 0.593. The smallest absolute Gasteiger partial charge is 0.263 e. The van der Waals surface area contributed by atoms with E-state index in [2.05, 4.69) is 10.3 Å². The van der Waals surface area contributed by atoms with E-state index in [1.54, 1.807) is 12.3 Å². The number of carbonyl (C=O) groups excluding carboxylic acids is 1. The average molecular weight is 225 g/mol. The monoisotopic (exact) mass is 225 g/mol. The highest BCUT2D eigenvalue weighted by Crippen LogP contribution is 2.25. The number of imidazole rings is 1. The number of thiocarbonyl (C=S) groups is 1. The molecule has 0 saturated carbocycles. The first-order valence-electron chi connectivity index (χ1n) is 3.89. The van der Waals surface area contributed by atoms with Gasteiger partial charge in [-0.05, 0) is 0 Å². The topological polar surface area (TPSA) is 46.9 Å². The van der Waals surface area contributed by atoms with E-state index in [0.29, 0.717) is 9.23 Å². The van der Waals surface area contributed by atoms with Crippen molar-refractivity contribution < 1.29 is 4.79 Å². The fourth-order valence-corrected chi connectivity index (χ4v) is 2.07. The Morgan fingerprint density at radius 1 is 1.71 bits per heavy atom. The summed E-state index contributed by atoms with van der Waals surface area (Å²) in [5.41, 5.74) is 0. The highest BCUT2D eigenvalue weighted by atomic mass is 32.2. The van der Waals surface area contributed by atoms with Gasteiger partial charge in [-0.15, -0.1) is 0 Å². The molecule has 1 aliphatic heterocycles. The lowest BCUT2D eigenvalue weighted by atomic mass is 10.4. The van der Waals surface area contributed by atoms with Gasteiger partial charge in [0.2, 0.25) is 0 Å². The van der Waals surface area contributed by atoms with Gasteiger partial charge in [-0.2, -0.15) is 0 Å². The number of aryl methyl sites for hydroxylation is 1. The number of hydrogen-bond acceptors (Lipinski definition) is 4. The molecule has 0 unspecified atom stereocenters. The maximum Gasteiger partial charge on any atom is 0.263 e. The van der Waals surface area contributed by atoms with Gasteiger partial charge in [0.1, 0.15) is 10.1 Å². The van der Waals surface area contributed by atoms with Crippen LogP contribution in [-0.4, -0.2) is 19.8 Å². The number of carbonyl (C=O) groups is 1. The minimum absolute atomic E-state index is 0.150. The number of hydrogen-bond donors (Lipinski definition) is 1. The van der Waals surface area contributed by atoms with E-state index in [9.17, 15) is 4.79 Å². The molecule has 1 fully saturated rings. The predicted molar refractivity (Wildman–Crippen MR) is 59.5 cm³/mol. The van der Waals surface area contributed by atoms with Crippen LogP contribution in [0.3, 0.4) is 0 Å². The normalized spacial score (nSPS) is 19.1. The summed E-state index contributed by atoms with van der Waals surface area (Å²) < 4.78 is 2.33. The van der Waals surface area contributed by atoms with Gasteiger partial charge >= 0.3 is 0 Å². The van der Waals surface area contributed by atoms with Gasteiger partial charge in [-0.25, -0.2) is 4.98 Å². The third kappa shape index (κ3) is 1.71. The van der Waals surface area contributed by atoms with Crippen LogP contribution in [-0.2, 0) is 11.8 Å². The minimum Gasteiger partial charge on any atom is -0.335 e. The van der Waals surface area contributed by atoms with Crippen LogP contribution in [0.5, 0.6) is 0 Å². The molecule has 1 aromatic rings. The van der Waals surface area contributed by atoms with E-state index < -0.39 is 0 Å². The number of nitrogens with zero attached hydrogens (tertiary/aromatic N) is 2.